The van der Waals surface area contributed by atoms with Crippen LogP contribution in [0, 0.1) is 12.8 Å². The average Bonchev–Trinajstić information content (AvgIpc) is 2.70. The molecule has 2 aromatic rings. The van der Waals surface area contributed by atoms with E-state index in [0.717, 1.165) is 16.1 Å². The summed E-state index contributed by atoms with van der Waals surface area (Å²) in [6.07, 6.45) is 1.34. The molecule has 0 heterocycles. The van der Waals surface area contributed by atoms with Crippen LogP contribution in [0.4, 0.5) is 11.4 Å². The lowest BCUT2D eigenvalue weighted by Gasteiger charge is -2.30. The molecule has 8 heteroatoms. The van der Waals surface area contributed by atoms with Gasteiger partial charge in [0, 0.05) is 6.54 Å². The van der Waals surface area contributed by atoms with Crippen molar-refractivity contribution in [2.45, 2.75) is 40.2 Å². The van der Waals surface area contributed by atoms with Gasteiger partial charge in [-0.1, -0.05) is 50.6 Å². The van der Waals surface area contributed by atoms with Crippen molar-refractivity contribution in [2.75, 3.05) is 22.4 Å². The molecule has 0 saturated heterocycles. The Hall–Kier alpha value is -2.87. The zero-order valence-corrected chi connectivity index (χ0v) is 19.5. The first-order valence-corrected chi connectivity index (χ1v) is 12.1. The van der Waals surface area contributed by atoms with Crippen LogP contribution in [0.2, 0.25) is 0 Å². The molecule has 0 unspecified atom stereocenters. The number of aryl methyl sites for hydroxylation is 1. The van der Waals surface area contributed by atoms with E-state index in [0.29, 0.717) is 23.5 Å². The smallest absolute Gasteiger partial charge is 0.253 e. The van der Waals surface area contributed by atoms with Crippen LogP contribution < -0.4 is 14.9 Å². The standard InChI is InChI=1S/C23H31N3O4S/c1-6-21(26(31(5,29)30)18-13-11-17(4)12-14-18)23(28)25-20-10-8-7-9-19(20)22(27)24-15-16(2)3/h7-14,16,21H,6,15H2,1-5H3,(H,24,27)(H,25,28)/t21-/m1/s1. The molecule has 0 saturated carbocycles. The topological polar surface area (TPSA) is 95.6 Å². The highest BCUT2D eigenvalue weighted by molar-refractivity contribution is 7.92. The van der Waals surface area contributed by atoms with Crippen molar-refractivity contribution in [1.29, 1.82) is 0 Å². The number of nitrogens with one attached hydrogen (secondary N) is 2. The van der Waals surface area contributed by atoms with Gasteiger partial charge in [-0.05, 0) is 43.5 Å². The van der Waals surface area contributed by atoms with Crippen molar-refractivity contribution < 1.29 is 18.0 Å². The Morgan fingerprint density at radius 1 is 1.03 bits per heavy atom. The third kappa shape index (κ3) is 6.55. The van der Waals surface area contributed by atoms with Crippen molar-refractivity contribution in [2.24, 2.45) is 5.92 Å². The highest BCUT2D eigenvalue weighted by Gasteiger charge is 2.32. The molecule has 1 atom stereocenters. The molecule has 0 aliphatic carbocycles. The van der Waals surface area contributed by atoms with Gasteiger partial charge in [-0.15, -0.1) is 0 Å². The molecule has 7 nitrogen and oxygen atoms in total. The molecule has 2 N–H and O–H groups in total. The molecule has 0 aliphatic rings. The van der Waals surface area contributed by atoms with E-state index in [1.807, 2.05) is 20.8 Å². The number of para-hydroxylation sites is 1. The lowest BCUT2D eigenvalue weighted by Crippen LogP contribution is -2.47. The maximum atomic E-state index is 13.2. The Labute approximate surface area is 184 Å². The third-order valence-corrected chi connectivity index (χ3v) is 5.90. The quantitative estimate of drug-likeness (QED) is 0.617. The van der Waals surface area contributed by atoms with Gasteiger partial charge in [0.2, 0.25) is 15.9 Å². The number of hydrogen-bond donors (Lipinski definition) is 2. The Morgan fingerprint density at radius 2 is 1.65 bits per heavy atom. The van der Waals surface area contributed by atoms with E-state index in [2.05, 4.69) is 10.6 Å². The van der Waals surface area contributed by atoms with Crippen molar-refractivity contribution >= 4 is 33.2 Å². The van der Waals surface area contributed by atoms with E-state index in [4.69, 9.17) is 0 Å². The zero-order chi connectivity index (χ0) is 23.2. The molecule has 0 fully saturated rings. The molecule has 168 valence electrons. The molecule has 0 aromatic heterocycles. The fourth-order valence-electron chi connectivity index (χ4n) is 3.15. The normalized spacial score (nSPS) is 12.3. The number of carbonyl (C=O) groups is 2. The van der Waals surface area contributed by atoms with E-state index in [9.17, 15) is 18.0 Å². The molecule has 0 aliphatic heterocycles. The van der Waals surface area contributed by atoms with Crippen LogP contribution in [-0.2, 0) is 14.8 Å². The van der Waals surface area contributed by atoms with E-state index >= 15 is 0 Å². The van der Waals surface area contributed by atoms with Crippen molar-refractivity contribution in [3.8, 4) is 0 Å². The number of hydrogen-bond acceptors (Lipinski definition) is 4. The number of rotatable bonds is 9. The molecule has 31 heavy (non-hydrogen) atoms. The number of amides is 2. The summed E-state index contributed by atoms with van der Waals surface area (Å²) in [6, 6.07) is 12.7. The van der Waals surface area contributed by atoms with Gasteiger partial charge in [0.05, 0.1) is 23.2 Å². The fourth-order valence-corrected chi connectivity index (χ4v) is 4.36. The number of carbonyl (C=O) groups excluding carboxylic acids is 2. The van der Waals surface area contributed by atoms with E-state index in [1.165, 1.54) is 0 Å². The summed E-state index contributed by atoms with van der Waals surface area (Å²) in [5.41, 5.74) is 2.06. The molecule has 2 aromatic carbocycles. The van der Waals surface area contributed by atoms with Crippen LogP contribution in [0.3, 0.4) is 0 Å². The van der Waals surface area contributed by atoms with Gasteiger partial charge in [-0.25, -0.2) is 8.42 Å². The summed E-state index contributed by atoms with van der Waals surface area (Å²) in [4.78, 5) is 25.7. The summed E-state index contributed by atoms with van der Waals surface area (Å²) in [7, 11) is -3.73. The van der Waals surface area contributed by atoms with Gasteiger partial charge < -0.3 is 10.6 Å². The Kier molecular flexibility index (Phi) is 8.21. The highest BCUT2D eigenvalue weighted by atomic mass is 32.2. The van der Waals surface area contributed by atoms with Gasteiger partial charge in [0.25, 0.3) is 5.91 Å². The predicted octanol–water partition coefficient (Wildman–Crippen LogP) is 3.56. The molecule has 0 radical (unpaired) electrons. The Morgan fingerprint density at radius 3 is 2.19 bits per heavy atom. The van der Waals surface area contributed by atoms with Gasteiger partial charge in [0.15, 0.2) is 0 Å². The first-order valence-electron chi connectivity index (χ1n) is 10.3. The van der Waals surface area contributed by atoms with E-state index in [-0.39, 0.29) is 18.2 Å². The minimum Gasteiger partial charge on any atom is -0.352 e. The number of nitrogens with zero attached hydrogens (tertiary/aromatic N) is 1. The molecule has 2 rings (SSSR count). The van der Waals surface area contributed by atoms with E-state index in [1.54, 1.807) is 55.5 Å². The highest BCUT2D eigenvalue weighted by Crippen LogP contribution is 2.24. The second-order valence-corrected chi connectivity index (χ2v) is 9.82. The second kappa shape index (κ2) is 10.4. The van der Waals surface area contributed by atoms with Crippen LogP contribution in [0.25, 0.3) is 0 Å². The maximum absolute atomic E-state index is 13.2. The van der Waals surface area contributed by atoms with Crippen molar-refractivity contribution in [1.82, 2.24) is 5.32 Å². The SMILES string of the molecule is CC[C@H](C(=O)Nc1ccccc1C(=O)NCC(C)C)N(c1ccc(C)cc1)S(C)(=O)=O. The maximum Gasteiger partial charge on any atom is 0.253 e. The molecular weight excluding hydrogens is 414 g/mol. The van der Waals surface area contributed by atoms with Crippen molar-refractivity contribution in [3.05, 3.63) is 59.7 Å². The molecular formula is C23H31N3O4S. The minimum atomic E-state index is -3.73. The van der Waals surface area contributed by atoms with Crippen LogP contribution in [0.1, 0.15) is 43.1 Å². The lowest BCUT2D eigenvalue weighted by molar-refractivity contribution is -0.117. The average molecular weight is 446 g/mol. The summed E-state index contributed by atoms with van der Waals surface area (Å²) < 4.78 is 26.3. The van der Waals surface area contributed by atoms with E-state index < -0.39 is 22.0 Å². The van der Waals surface area contributed by atoms with Crippen LogP contribution in [0.5, 0.6) is 0 Å². The Bertz CT molecular complexity index is 1020. The molecule has 2 amide bonds. The molecule has 0 spiro atoms. The lowest BCUT2D eigenvalue weighted by atomic mass is 10.1. The van der Waals surface area contributed by atoms with Gasteiger partial charge in [-0.3, -0.25) is 13.9 Å². The number of sulfonamides is 1. The zero-order valence-electron chi connectivity index (χ0n) is 18.7. The summed E-state index contributed by atoms with van der Waals surface area (Å²) in [6.45, 7) is 8.14. The first-order chi connectivity index (χ1) is 14.5. The van der Waals surface area contributed by atoms with Gasteiger partial charge >= 0.3 is 0 Å². The summed E-state index contributed by atoms with van der Waals surface area (Å²) >= 11 is 0. The largest absolute Gasteiger partial charge is 0.352 e. The first kappa shape index (κ1) is 24.4. The summed E-state index contributed by atoms with van der Waals surface area (Å²) in [5, 5.41) is 5.59. The van der Waals surface area contributed by atoms with Crippen LogP contribution in [-0.4, -0.2) is 39.1 Å². The second-order valence-electron chi connectivity index (χ2n) is 7.96. The Balaban J connectivity index is 2.34. The predicted molar refractivity (Wildman–Crippen MR) is 125 cm³/mol. The van der Waals surface area contributed by atoms with Gasteiger partial charge in [-0.2, -0.15) is 0 Å². The van der Waals surface area contributed by atoms with Crippen LogP contribution in [0.15, 0.2) is 48.5 Å². The number of anilines is 2. The van der Waals surface area contributed by atoms with Gasteiger partial charge in [0.1, 0.15) is 6.04 Å². The van der Waals surface area contributed by atoms with Crippen LogP contribution >= 0.6 is 0 Å². The third-order valence-electron chi connectivity index (χ3n) is 4.72. The molecule has 0 bridgehead atoms. The monoisotopic (exact) mass is 445 g/mol. The summed E-state index contributed by atoms with van der Waals surface area (Å²) in [5.74, 6) is -0.512. The fraction of sp³-hybridized carbons (Fsp3) is 0.391. The van der Waals surface area contributed by atoms with Crippen molar-refractivity contribution in [3.63, 3.8) is 0 Å². The number of benzene rings is 2. The minimum absolute atomic E-state index is 0.258.